The highest BCUT2D eigenvalue weighted by Crippen LogP contribution is 2.51. The quantitative estimate of drug-likeness (QED) is 0.654. The molecular weight excluding hydrogens is 296 g/mol. The van der Waals surface area contributed by atoms with Gasteiger partial charge in [-0.1, -0.05) is 6.42 Å². The van der Waals surface area contributed by atoms with Crippen LogP contribution in [-0.2, 0) is 0 Å². The van der Waals surface area contributed by atoms with E-state index in [0.29, 0.717) is 6.04 Å². The Morgan fingerprint density at radius 1 is 1.41 bits per heavy atom. The van der Waals surface area contributed by atoms with Crippen molar-refractivity contribution in [1.29, 1.82) is 0 Å². The Bertz CT molecular complexity index is 393. The lowest BCUT2D eigenvalue weighted by Gasteiger charge is -2.26. The summed E-state index contributed by atoms with van der Waals surface area (Å²) in [6.07, 6.45) is 7.05. The maximum atomic E-state index is 5.74. The third-order valence-electron chi connectivity index (χ3n) is 4.64. The van der Waals surface area contributed by atoms with Crippen molar-refractivity contribution >= 4 is 27.3 Å². The fourth-order valence-electron chi connectivity index (χ4n) is 3.79. The first-order valence-electron chi connectivity index (χ1n) is 6.45. The molecule has 0 radical (unpaired) electrons. The van der Waals surface area contributed by atoms with Gasteiger partial charge in [-0.15, -0.1) is 0 Å². The van der Waals surface area contributed by atoms with Crippen molar-refractivity contribution in [3.05, 3.63) is 20.8 Å². The topological polar surface area (TPSA) is 38.0 Å². The second-order valence-corrected chi connectivity index (χ2v) is 7.16. The van der Waals surface area contributed by atoms with Gasteiger partial charge in [0.05, 0.1) is 0 Å². The number of hydrazine groups is 1. The van der Waals surface area contributed by atoms with Gasteiger partial charge in [-0.05, 0) is 70.3 Å². The molecule has 1 heterocycles. The van der Waals surface area contributed by atoms with Crippen LogP contribution in [-0.4, -0.2) is 0 Å². The number of rotatable bonds is 4. The molecule has 0 spiro atoms. The van der Waals surface area contributed by atoms with Crippen LogP contribution in [0.5, 0.6) is 0 Å². The molecule has 4 unspecified atom stereocenters. The van der Waals surface area contributed by atoms with Gasteiger partial charge in [0.25, 0.3) is 0 Å². The molecule has 0 aliphatic heterocycles. The van der Waals surface area contributed by atoms with Crippen LogP contribution in [0.3, 0.4) is 0 Å². The summed E-state index contributed by atoms with van der Waals surface area (Å²) in [6, 6.07) is 0.319. The molecule has 17 heavy (non-hydrogen) atoms. The van der Waals surface area contributed by atoms with Crippen molar-refractivity contribution in [3.63, 3.8) is 0 Å². The maximum absolute atomic E-state index is 5.74. The smallest absolute Gasteiger partial charge is 0.0482 e. The monoisotopic (exact) mass is 314 g/mol. The SMILES string of the molecule is NNC(CC1CC2CCC1C2)c1cscc1Br. The summed E-state index contributed by atoms with van der Waals surface area (Å²) in [4.78, 5) is 0. The third-order valence-corrected chi connectivity index (χ3v) is 6.39. The molecule has 4 atom stereocenters. The third kappa shape index (κ3) is 2.33. The van der Waals surface area contributed by atoms with E-state index in [9.17, 15) is 0 Å². The molecule has 2 aliphatic rings. The highest BCUT2D eigenvalue weighted by atomic mass is 79.9. The van der Waals surface area contributed by atoms with Gasteiger partial charge in [0.15, 0.2) is 0 Å². The molecule has 0 amide bonds. The van der Waals surface area contributed by atoms with Gasteiger partial charge in [0, 0.05) is 15.9 Å². The molecule has 2 fully saturated rings. The van der Waals surface area contributed by atoms with Crippen LogP contribution in [0.25, 0.3) is 0 Å². The minimum absolute atomic E-state index is 0.319. The van der Waals surface area contributed by atoms with Crippen LogP contribution in [0, 0.1) is 17.8 Å². The van der Waals surface area contributed by atoms with E-state index in [0.717, 1.165) is 17.8 Å². The second-order valence-electron chi connectivity index (χ2n) is 5.56. The fourth-order valence-corrected chi connectivity index (χ4v) is 5.42. The van der Waals surface area contributed by atoms with Crippen molar-refractivity contribution in [2.45, 2.75) is 38.1 Å². The minimum Gasteiger partial charge on any atom is -0.271 e. The summed E-state index contributed by atoms with van der Waals surface area (Å²) in [7, 11) is 0. The lowest BCUT2D eigenvalue weighted by Crippen LogP contribution is -2.30. The van der Waals surface area contributed by atoms with E-state index in [4.69, 9.17) is 5.84 Å². The van der Waals surface area contributed by atoms with Crippen LogP contribution >= 0.6 is 27.3 Å². The summed E-state index contributed by atoms with van der Waals surface area (Å²) in [5, 5.41) is 4.35. The van der Waals surface area contributed by atoms with E-state index >= 15 is 0 Å². The molecule has 2 saturated carbocycles. The molecule has 2 bridgehead atoms. The van der Waals surface area contributed by atoms with Crippen LogP contribution in [0.15, 0.2) is 15.2 Å². The number of hydrogen-bond acceptors (Lipinski definition) is 3. The van der Waals surface area contributed by atoms with E-state index in [1.807, 2.05) is 0 Å². The zero-order valence-corrected chi connectivity index (χ0v) is 12.3. The number of thiophene rings is 1. The Balaban J connectivity index is 1.69. The Morgan fingerprint density at radius 2 is 2.29 bits per heavy atom. The second kappa shape index (κ2) is 5.00. The summed E-state index contributed by atoms with van der Waals surface area (Å²) in [5.74, 6) is 8.64. The van der Waals surface area contributed by atoms with Crippen LogP contribution in [0.1, 0.15) is 43.7 Å². The highest BCUT2D eigenvalue weighted by molar-refractivity contribution is 9.10. The normalized spacial score (nSPS) is 33.2. The average Bonchev–Trinajstić information content (AvgIpc) is 3.02. The van der Waals surface area contributed by atoms with E-state index < -0.39 is 0 Å². The Kier molecular flexibility index (Phi) is 3.57. The number of hydrogen-bond donors (Lipinski definition) is 2. The molecule has 2 nitrogen and oxygen atoms in total. The Hall–Kier alpha value is 0.100. The first-order chi connectivity index (χ1) is 8.28. The maximum Gasteiger partial charge on any atom is 0.0482 e. The van der Waals surface area contributed by atoms with Crippen molar-refractivity contribution < 1.29 is 0 Å². The average molecular weight is 315 g/mol. The summed E-state index contributed by atoms with van der Waals surface area (Å²) in [5.41, 5.74) is 4.34. The molecule has 94 valence electrons. The first kappa shape index (κ1) is 12.2. The van der Waals surface area contributed by atoms with Crippen molar-refractivity contribution in [2.75, 3.05) is 0 Å². The van der Waals surface area contributed by atoms with E-state index in [1.54, 1.807) is 11.3 Å². The zero-order chi connectivity index (χ0) is 11.8. The lowest BCUT2D eigenvalue weighted by molar-refractivity contribution is 0.280. The number of fused-ring (bicyclic) bond motifs is 2. The van der Waals surface area contributed by atoms with E-state index in [1.165, 1.54) is 42.1 Å². The molecule has 3 rings (SSSR count). The van der Waals surface area contributed by atoms with Gasteiger partial charge in [-0.2, -0.15) is 11.3 Å². The van der Waals surface area contributed by atoms with Gasteiger partial charge in [-0.25, -0.2) is 0 Å². The van der Waals surface area contributed by atoms with Crippen LogP contribution < -0.4 is 11.3 Å². The number of halogens is 1. The van der Waals surface area contributed by atoms with Crippen molar-refractivity contribution in [2.24, 2.45) is 23.6 Å². The van der Waals surface area contributed by atoms with Gasteiger partial charge in [0.2, 0.25) is 0 Å². The van der Waals surface area contributed by atoms with Crippen molar-refractivity contribution in [3.8, 4) is 0 Å². The first-order valence-corrected chi connectivity index (χ1v) is 8.19. The lowest BCUT2D eigenvalue weighted by atomic mass is 9.83. The van der Waals surface area contributed by atoms with E-state index in [2.05, 4.69) is 32.1 Å². The summed E-state index contributed by atoms with van der Waals surface area (Å²) < 4.78 is 1.20. The Labute approximate surface area is 115 Å². The standard InChI is InChI=1S/C13H19BrN2S/c14-12-7-17-6-11(12)13(16-15)5-10-4-8-1-2-9(10)3-8/h6-10,13,16H,1-5,15H2. The van der Waals surface area contributed by atoms with Gasteiger partial charge < -0.3 is 0 Å². The van der Waals surface area contributed by atoms with Crippen molar-refractivity contribution in [1.82, 2.24) is 5.43 Å². The molecule has 0 aromatic carbocycles. The molecular formula is C13H19BrN2S. The molecule has 3 N–H and O–H groups in total. The molecule has 4 heteroatoms. The molecule has 2 aliphatic carbocycles. The van der Waals surface area contributed by atoms with Gasteiger partial charge >= 0.3 is 0 Å². The molecule has 0 saturated heterocycles. The zero-order valence-electron chi connectivity index (χ0n) is 9.86. The fraction of sp³-hybridized carbons (Fsp3) is 0.692. The Morgan fingerprint density at radius 3 is 2.82 bits per heavy atom. The van der Waals surface area contributed by atoms with E-state index in [-0.39, 0.29) is 0 Å². The highest BCUT2D eigenvalue weighted by Gasteiger charge is 2.40. The summed E-state index contributed by atoms with van der Waals surface area (Å²) in [6.45, 7) is 0. The number of nitrogens with two attached hydrogens (primary N) is 1. The van der Waals surface area contributed by atoms with Gasteiger partial charge in [-0.3, -0.25) is 11.3 Å². The molecule has 1 aromatic rings. The predicted octanol–water partition coefficient (Wildman–Crippen LogP) is 3.84. The number of nitrogens with one attached hydrogen (secondary N) is 1. The predicted molar refractivity (Wildman–Crippen MR) is 75.6 cm³/mol. The largest absolute Gasteiger partial charge is 0.271 e. The summed E-state index contributed by atoms with van der Waals surface area (Å²) >= 11 is 5.35. The van der Waals surface area contributed by atoms with Gasteiger partial charge in [0.1, 0.15) is 0 Å². The van der Waals surface area contributed by atoms with Crippen LogP contribution in [0.4, 0.5) is 0 Å². The minimum atomic E-state index is 0.319. The molecule has 1 aromatic heterocycles. The van der Waals surface area contributed by atoms with Crippen LogP contribution in [0.2, 0.25) is 0 Å².